The van der Waals surface area contributed by atoms with Crippen molar-refractivity contribution in [3.05, 3.63) is 72.1 Å². The van der Waals surface area contributed by atoms with Gasteiger partial charge >= 0.3 is 11.8 Å². The van der Waals surface area contributed by atoms with E-state index in [4.69, 9.17) is 0 Å². The Morgan fingerprint density at radius 3 is 2.33 bits per heavy atom. The summed E-state index contributed by atoms with van der Waals surface area (Å²) in [6.07, 6.45) is 3.55. The molecule has 0 spiro atoms. The first-order valence-corrected chi connectivity index (χ1v) is 7.19. The number of allylic oxidation sites excluding steroid dienone is 1. The van der Waals surface area contributed by atoms with Crippen molar-refractivity contribution in [3.63, 3.8) is 0 Å². The van der Waals surface area contributed by atoms with Gasteiger partial charge in [0, 0.05) is 5.69 Å². The van der Waals surface area contributed by atoms with Gasteiger partial charge in [-0.05, 0) is 42.8 Å². The fraction of sp³-hybridized carbons (Fsp3) is 0.0556. The zero-order chi connectivity index (χ0) is 17.4. The molecule has 0 fully saturated rings. The molecule has 2 rings (SSSR count). The SMILES string of the molecule is CC(/C=C/c1ccccc1)=N/NC(=O)C(=O)Nc1ccc(F)cc1. The number of nitrogens with zero attached hydrogens (tertiary/aromatic N) is 1. The summed E-state index contributed by atoms with van der Waals surface area (Å²) in [5.41, 5.74) is 4.00. The second-order valence-corrected chi connectivity index (χ2v) is 4.90. The standard InChI is InChI=1S/C18H16FN3O2/c1-13(7-8-14-5-3-2-4-6-14)21-22-18(24)17(23)20-16-11-9-15(19)10-12-16/h2-12H,1H3,(H,20,23)(H,22,24)/b8-7+,21-13-. The number of carbonyl (C=O) groups excluding carboxylic acids is 2. The quantitative estimate of drug-likeness (QED) is 0.515. The molecule has 122 valence electrons. The average molecular weight is 325 g/mol. The predicted octanol–water partition coefficient (Wildman–Crippen LogP) is 2.97. The molecular formula is C18H16FN3O2. The first kappa shape index (κ1) is 17.1. The molecule has 0 unspecified atom stereocenters. The van der Waals surface area contributed by atoms with Crippen LogP contribution in [0.4, 0.5) is 10.1 Å². The molecule has 0 aliphatic rings. The van der Waals surface area contributed by atoms with Crippen molar-refractivity contribution in [1.82, 2.24) is 5.43 Å². The van der Waals surface area contributed by atoms with Gasteiger partial charge in [-0.2, -0.15) is 5.10 Å². The van der Waals surface area contributed by atoms with Gasteiger partial charge in [0.2, 0.25) is 0 Å². The van der Waals surface area contributed by atoms with Gasteiger partial charge in [0.1, 0.15) is 5.82 Å². The van der Waals surface area contributed by atoms with Crippen molar-refractivity contribution in [3.8, 4) is 0 Å². The molecule has 2 aromatic rings. The molecule has 0 heterocycles. The highest BCUT2D eigenvalue weighted by Gasteiger charge is 2.12. The van der Waals surface area contributed by atoms with Gasteiger partial charge < -0.3 is 5.32 Å². The summed E-state index contributed by atoms with van der Waals surface area (Å²) in [7, 11) is 0. The number of nitrogens with one attached hydrogen (secondary N) is 2. The van der Waals surface area contributed by atoms with Gasteiger partial charge in [-0.3, -0.25) is 9.59 Å². The van der Waals surface area contributed by atoms with Crippen molar-refractivity contribution < 1.29 is 14.0 Å². The first-order chi connectivity index (χ1) is 11.5. The number of carbonyl (C=O) groups is 2. The van der Waals surface area contributed by atoms with Crippen LogP contribution < -0.4 is 10.7 Å². The van der Waals surface area contributed by atoms with E-state index in [1.807, 2.05) is 36.4 Å². The second-order valence-electron chi connectivity index (χ2n) is 4.90. The van der Waals surface area contributed by atoms with E-state index < -0.39 is 17.6 Å². The number of benzene rings is 2. The maximum Gasteiger partial charge on any atom is 0.329 e. The lowest BCUT2D eigenvalue weighted by molar-refractivity contribution is -0.136. The normalized spacial score (nSPS) is 11.3. The molecule has 0 bridgehead atoms. The Balaban J connectivity index is 1.87. The number of hydrogen-bond acceptors (Lipinski definition) is 3. The molecule has 0 radical (unpaired) electrons. The number of hydrogen-bond donors (Lipinski definition) is 2. The second kappa shape index (κ2) is 8.38. The van der Waals surface area contributed by atoms with Gasteiger partial charge in [-0.1, -0.05) is 36.4 Å². The molecule has 2 aromatic carbocycles. The Kier molecular flexibility index (Phi) is 5.96. The summed E-state index contributed by atoms with van der Waals surface area (Å²) in [6, 6.07) is 14.7. The third-order valence-electron chi connectivity index (χ3n) is 2.96. The highest BCUT2D eigenvalue weighted by atomic mass is 19.1. The number of anilines is 1. The first-order valence-electron chi connectivity index (χ1n) is 7.19. The fourth-order valence-corrected chi connectivity index (χ4v) is 1.73. The van der Waals surface area contributed by atoms with Crippen LogP contribution in [0.3, 0.4) is 0 Å². The van der Waals surface area contributed by atoms with E-state index in [0.717, 1.165) is 5.56 Å². The van der Waals surface area contributed by atoms with Crippen molar-refractivity contribution in [2.24, 2.45) is 5.10 Å². The third kappa shape index (κ3) is 5.49. The Morgan fingerprint density at radius 2 is 1.67 bits per heavy atom. The highest BCUT2D eigenvalue weighted by molar-refractivity contribution is 6.39. The van der Waals surface area contributed by atoms with Gasteiger partial charge in [-0.25, -0.2) is 9.82 Å². The van der Waals surface area contributed by atoms with Crippen molar-refractivity contribution in [2.75, 3.05) is 5.32 Å². The van der Waals surface area contributed by atoms with Crippen molar-refractivity contribution >= 4 is 29.3 Å². The van der Waals surface area contributed by atoms with Gasteiger partial charge in [0.15, 0.2) is 0 Å². The lowest BCUT2D eigenvalue weighted by Gasteiger charge is -2.03. The summed E-state index contributed by atoms with van der Waals surface area (Å²) in [5.74, 6) is -2.22. The fourth-order valence-electron chi connectivity index (χ4n) is 1.73. The number of halogens is 1. The van der Waals surface area contributed by atoms with Crippen LogP contribution in [0.2, 0.25) is 0 Å². The molecular weight excluding hydrogens is 309 g/mol. The van der Waals surface area contributed by atoms with E-state index >= 15 is 0 Å². The summed E-state index contributed by atoms with van der Waals surface area (Å²) < 4.78 is 12.8. The van der Waals surface area contributed by atoms with Crippen LogP contribution >= 0.6 is 0 Å². The van der Waals surface area contributed by atoms with Crippen LogP contribution in [0.1, 0.15) is 12.5 Å². The zero-order valence-electron chi connectivity index (χ0n) is 13.0. The number of amides is 2. The minimum absolute atomic E-state index is 0.321. The Morgan fingerprint density at radius 1 is 1.00 bits per heavy atom. The molecule has 5 nitrogen and oxygen atoms in total. The summed E-state index contributed by atoms with van der Waals surface area (Å²) in [5, 5.41) is 6.17. The van der Waals surface area contributed by atoms with Crippen LogP contribution in [-0.2, 0) is 9.59 Å². The molecule has 0 aromatic heterocycles. The highest BCUT2D eigenvalue weighted by Crippen LogP contribution is 2.07. The topological polar surface area (TPSA) is 70.6 Å². The maximum atomic E-state index is 12.8. The molecule has 0 saturated heterocycles. The Hall–Kier alpha value is -3.28. The molecule has 2 N–H and O–H groups in total. The van der Waals surface area contributed by atoms with Crippen molar-refractivity contribution in [2.45, 2.75) is 6.92 Å². The van der Waals surface area contributed by atoms with Gasteiger partial charge in [0.25, 0.3) is 0 Å². The van der Waals surface area contributed by atoms with Gasteiger partial charge in [-0.15, -0.1) is 0 Å². The smallest absolute Gasteiger partial charge is 0.318 e. The summed E-state index contributed by atoms with van der Waals surface area (Å²) >= 11 is 0. The third-order valence-corrected chi connectivity index (χ3v) is 2.96. The molecule has 0 saturated carbocycles. The lowest BCUT2D eigenvalue weighted by atomic mass is 10.2. The van der Waals surface area contributed by atoms with Crippen LogP contribution in [0, 0.1) is 5.82 Å². The van der Waals surface area contributed by atoms with Crippen molar-refractivity contribution in [1.29, 1.82) is 0 Å². The van der Waals surface area contributed by atoms with E-state index in [1.165, 1.54) is 24.3 Å². The van der Waals surface area contributed by atoms with Crippen LogP contribution in [0.15, 0.2) is 65.8 Å². The zero-order valence-corrected chi connectivity index (χ0v) is 13.0. The van der Waals surface area contributed by atoms with Crippen LogP contribution in [-0.4, -0.2) is 17.5 Å². The predicted molar refractivity (Wildman–Crippen MR) is 91.8 cm³/mol. The Bertz CT molecular complexity index is 769. The minimum Gasteiger partial charge on any atom is -0.318 e. The van der Waals surface area contributed by atoms with E-state index in [0.29, 0.717) is 11.4 Å². The molecule has 24 heavy (non-hydrogen) atoms. The van der Waals surface area contributed by atoms with E-state index in [-0.39, 0.29) is 0 Å². The summed E-state index contributed by atoms with van der Waals surface area (Å²) in [4.78, 5) is 23.3. The van der Waals surface area contributed by atoms with Crippen LogP contribution in [0.25, 0.3) is 6.08 Å². The molecule has 2 amide bonds. The molecule has 0 aliphatic carbocycles. The number of rotatable bonds is 4. The Labute approximate surface area is 138 Å². The van der Waals surface area contributed by atoms with Gasteiger partial charge in [0.05, 0.1) is 5.71 Å². The minimum atomic E-state index is -0.910. The molecule has 0 atom stereocenters. The van der Waals surface area contributed by atoms with Crippen LogP contribution in [0.5, 0.6) is 0 Å². The summed E-state index contributed by atoms with van der Waals surface area (Å²) in [6.45, 7) is 1.69. The number of hydrazone groups is 1. The van der Waals surface area contributed by atoms with E-state index in [2.05, 4.69) is 15.8 Å². The van der Waals surface area contributed by atoms with E-state index in [1.54, 1.807) is 13.0 Å². The average Bonchev–Trinajstić information content (AvgIpc) is 2.60. The maximum absolute atomic E-state index is 12.8. The monoisotopic (exact) mass is 325 g/mol. The largest absolute Gasteiger partial charge is 0.329 e. The van der Waals surface area contributed by atoms with E-state index in [9.17, 15) is 14.0 Å². The molecule has 0 aliphatic heterocycles. The lowest BCUT2D eigenvalue weighted by Crippen LogP contribution is -2.32. The molecule has 6 heteroatoms.